The first-order valence-electron chi connectivity index (χ1n) is 7.89. The van der Waals surface area contributed by atoms with E-state index in [1.807, 2.05) is 0 Å². The van der Waals surface area contributed by atoms with Gasteiger partial charge in [0.25, 0.3) is 15.7 Å². The molecule has 144 valence electrons. The molecule has 0 saturated heterocycles. The molecular weight excluding hydrogens is 404 g/mol. The fourth-order valence-electron chi connectivity index (χ4n) is 2.60. The molecule has 0 spiro atoms. The van der Waals surface area contributed by atoms with E-state index in [4.69, 9.17) is 0 Å². The van der Waals surface area contributed by atoms with Crippen LogP contribution < -0.4 is 4.72 Å². The lowest BCUT2D eigenvalue weighted by atomic mass is 10.1. The first kappa shape index (κ1) is 19.5. The number of benzene rings is 2. The van der Waals surface area contributed by atoms with Crippen LogP contribution in [0, 0.1) is 17.0 Å². The quantitative estimate of drug-likeness (QED) is 0.458. The maximum absolute atomic E-state index is 12.7. The molecule has 1 heterocycles. The van der Waals surface area contributed by atoms with Gasteiger partial charge in [0.2, 0.25) is 0 Å². The van der Waals surface area contributed by atoms with E-state index >= 15 is 0 Å². The third-order valence-corrected chi connectivity index (χ3v) is 6.59. The number of aromatic carboxylic acids is 1. The van der Waals surface area contributed by atoms with Crippen LogP contribution in [0.25, 0.3) is 10.4 Å². The van der Waals surface area contributed by atoms with E-state index in [-0.39, 0.29) is 21.1 Å². The van der Waals surface area contributed by atoms with Gasteiger partial charge >= 0.3 is 5.97 Å². The summed E-state index contributed by atoms with van der Waals surface area (Å²) in [5.41, 5.74) is 0.691. The van der Waals surface area contributed by atoms with Crippen LogP contribution in [-0.2, 0) is 10.0 Å². The third kappa shape index (κ3) is 3.87. The first-order valence-corrected chi connectivity index (χ1v) is 10.2. The van der Waals surface area contributed by atoms with Crippen molar-refractivity contribution < 1.29 is 23.2 Å². The van der Waals surface area contributed by atoms with Gasteiger partial charge in [-0.05, 0) is 30.2 Å². The lowest BCUT2D eigenvalue weighted by Crippen LogP contribution is -2.15. The number of thiophene rings is 1. The average molecular weight is 418 g/mol. The van der Waals surface area contributed by atoms with Gasteiger partial charge in [-0.15, -0.1) is 11.3 Å². The zero-order valence-corrected chi connectivity index (χ0v) is 16.1. The molecule has 0 atom stereocenters. The Morgan fingerprint density at radius 2 is 1.86 bits per heavy atom. The minimum Gasteiger partial charge on any atom is -0.477 e. The molecular formula is C18H14N2O6S2. The van der Waals surface area contributed by atoms with Gasteiger partial charge in [-0.3, -0.25) is 14.8 Å². The fourth-order valence-corrected chi connectivity index (χ4v) is 4.92. The van der Waals surface area contributed by atoms with Crippen LogP contribution in [0.1, 0.15) is 15.2 Å². The summed E-state index contributed by atoms with van der Waals surface area (Å²) in [4.78, 5) is 22.2. The van der Waals surface area contributed by atoms with Gasteiger partial charge in [-0.25, -0.2) is 13.2 Å². The number of aryl methyl sites for hydroxylation is 1. The highest BCUT2D eigenvalue weighted by molar-refractivity contribution is 7.92. The Hall–Kier alpha value is -3.24. The van der Waals surface area contributed by atoms with Gasteiger partial charge in [0.15, 0.2) is 0 Å². The molecule has 8 nitrogen and oxygen atoms in total. The van der Waals surface area contributed by atoms with Gasteiger partial charge in [0.05, 0.1) is 15.5 Å². The van der Waals surface area contributed by atoms with E-state index < -0.39 is 20.9 Å². The predicted octanol–water partition coefficient (Wildman–Crippen LogP) is 4.13. The monoisotopic (exact) mass is 418 g/mol. The highest BCUT2D eigenvalue weighted by Crippen LogP contribution is 2.37. The SMILES string of the molecule is Cc1ccccc1S(=O)(=O)Nc1cc(-c2cccc([N+](=O)[O-])c2)sc1C(=O)O. The number of nitro benzene ring substituents is 1. The number of rotatable bonds is 6. The highest BCUT2D eigenvalue weighted by Gasteiger charge is 2.23. The lowest BCUT2D eigenvalue weighted by Gasteiger charge is -2.09. The number of carbonyl (C=O) groups is 1. The molecule has 0 fully saturated rings. The standard InChI is InChI=1S/C18H14N2O6S2/c1-11-5-2-3-8-16(11)28(25,26)19-14-10-15(27-17(14)18(21)22)12-6-4-7-13(9-12)20(23)24/h2-10,19H,1H3,(H,21,22). The number of non-ortho nitro benzene ring substituents is 1. The molecule has 0 bridgehead atoms. The summed E-state index contributed by atoms with van der Waals surface area (Å²) in [6.45, 7) is 1.63. The van der Waals surface area contributed by atoms with Crippen LogP contribution in [0.15, 0.2) is 59.5 Å². The molecule has 10 heteroatoms. The number of carboxylic acids is 1. The maximum Gasteiger partial charge on any atom is 0.348 e. The number of nitro groups is 1. The number of anilines is 1. The summed E-state index contributed by atoms with van der Waals surface area (Å²) in [6.07, 6.45) is 0. The van der Waals surface area contributed by atoms with E-state index in [1.165, 1.54) is 30.3 Å². The van der Waals surface area contributed by atoms with Crippen molar-refractivity contribution in [2.24, 2.45) is 0 Å². The zero-order chi connectivity index (χ0) is 20.5. The van der Waals surface area contributed by atoms with Crippen LogP contribution in [0.4, 0.5) is 11.4 Å². The number of sulfonamides is 1. The van der Waals surface area contributed by atoms with Crippen LogP contribution in [0.5, 0.6) is 0 Å². The molecule has 2 aromatic carbocycles. The van der Waals surface area contributed by atoms with Crippen molar-refractivity contribution in [2.45, 2.75) is 11.8 Å². The smallest absolute Gasteiger partial charge is 0.348 e. The Kier molecular flexibility index (Phi) is 5.16. The number of nitrogens with zero attached hydrogens (tertiary/aromatic N) is 1. The Labute approximate surface area is 164 Å². The molecule has 0 aliphatic rings. The Morgan fingerprint density at radius 1 is 1.14 bits per heavy atom. The Morgan fingerprint density at radius 3 is 2.50 bits per heavy atom. The van der Waals surface area contributed by atoms with E-state index in [1.54, 1.807) is 31.2 Å². The maximum atomic E-state index is 12.7. The van der Waals surface area contributed by atoms with Crippen molar-refractivity contribution in [3.63, 3.8) is 0 Å². The minimum atomic E-state index is -4.01. The van der Waals surface area contributed by atoms with Gasteiger partial charge in [-0.1, -0.05) is 30.3 Å². The number of hydrogen-bond donors (Lipinski definition) is 2. The topological polar surface area (TPSA) is 127 Å². The Bertz CT molecular complexity index is 1180. The lowest BCUT2D eigenvalue weighted by molar-refractivity contribution is -0.384. The average Bonchev–Trinajstić information content (AvgIpc) is 3.05. The summed E-state index contributed by atoms with van der Waals surface area (Å²) in [6, 6.07) is 13.4. The second-order valence-electron chi connectivity index (χ2n) is 5.84. The van der Waals surface area contributed by atoms with Crippen molar-refractivity contribution in [3.8, 4) is 10.4 Å². The van der Waals surface area contributed by atoms with Crippen molar-refractivity contribution >= 4 is 38.7 Å². The van der Waals surface area contributed by atoms with Crippen molar-refractivity contribution in [2.75, 3.05) is 4.72 Å². The summed E-state index contributed by atoms with van der Waals surface area (Å²) < 4.78 is 27.7. The van der Waals surface area contributed by atoms with Crippen molar-refractivity contribution in [1.29, 1.82) is 0 Å². The predicted molar refractivity (Wildman–Crippen MR) is 105 cm³/mol. The molecule has 3 rings (SSSR count). The van der Waals surface area contributed by atoms with Crippen LogP contribution >= 0.6 is 11.3 Å². The van der Waals surface area contributed by atoms with Crippen LogP contribution in [0.3, 0.4) is 0 Å². The third-order valence-electron chi connectivity index (χ3n) is 3.90. The fraction of sp³-hybridized carbons (Fsp3) is 0.0556. The van der Waals surface area contributed by atoms with Gasteiger partial charge in [0.1, 0.15) is 4.88 Å². The van der Waals surface area contributed by atoms with E-state index in [0.29, 0.717) is 16.0 Å². The second kappa shape index (κ2) is 7.41. The second-order valence-corrected chi connectivity index (χ2v) is 8.54. The molecule has 1 aromatic heterocycles. The summed E-state index contributed by atoms with van der Waals surface area (Å²) in [7, 11) is -4.01. The molecule has 2 N–H and O–H groups in total. The summed E-state index contributed by atoms with van der Waals surface area (Å²) >= 11 is 0.832. The van der Waals surface area contributed by atoms with Crippen LogP contribution in [-0.4, -0.2) is 24.4 Å². The van der Waals surface area contributed by atoms with Gasteiger partial charge in [0, 0.05) is 17.0 Å². The molecule has 0 amide bonds. The minimum absolute atomic E-state index is 0.0365. The van der Waals surface area contributed by atoms with Gasteiger partial charge < -0.3 is 5.11 Å². The summed E-state index contributed by atoms with van der Waals surface area (Å²) in [5.74, 6) is -1.30. The van der Waals surface area contributed by atoms with Gasteiger partial charge in [-0.2, -0.15) is 0 Å². The highest BCUT2D eigenvalue weighted by atomic mass is 32.2. The number of carboxylic acid groups (broad SMARTS) is 1. The molecule has 0 aliphatic heterocycles. The van der Waals surface area contributed by atoms with Crippen molar-refractivity contribution in [1.82, 2.24) is 0 Å². The van der Waals surface area contributed by atoms with Crippen molar-refractivity contribution in [3.05, 3.63) is 75.2 Å². The summed E-state index contributed by atoms with van der Waals surface area (Å²) in [5, 5.41) is 20.4. The zero-order valence-electron chi connectivity index (χ0n) is 14.4. The van der Waals surface area contributed by atoms with E-state index in [2.05, 4.69) is 4.72 Å². The largest absolute Gasteiger partial charge is 0.477 e. The molecule has 0 saturated carbocycles. The number of nitrogens with one attached hydrogen (secondary N) is 1. The molecule has 0 unspecified atom stereocenters. The van der Waals surface area contributed by atoms with E-state index in [0.717, 1.165) is 11.3 Å². The molecule has 0 radical (unpaired) electrons. The number of hydrogen-bond acceptors (Lipinski definition) is 6. The normalized spacial score (nSPS) is 11.2. The Balaban J connectivity index is 2.05. The van der Waals surface area contributed by atoms with E-state index in [9.17, 15) is 28.4 Å². The van der Waals surface area contributed by atoms with Crippen LogP contribution in [0.2, 0.25) is 0 Å². The molecule has 28 heavy (non-hydrogen) atoms. The molecule has 0 aliphatic carbocycles. The molecule has 3 aromatic rings. The first-order chi connectivity index (χ1) is 13.2.